The van der Waals surface area contributed by atoms with Crippen LogP contribution in [0.15, 0.2) is 24.3 Å². The minimum Gasteiger partial charge on any atom is -0.494 e. The Balaban J connectivity index is 1.83. The molecule has 0 aromatic heterocycles. The molecule has 1 aromatic rings. The van der Waals surface area contributed by atoms with Crippen molar-refractivity contribution in [2.24, 2.45) is 11.5 Å². The number of amides is 4. The second kappa shape index (κ2) is 11.8. The Morgan fingerprint density at radius 1 is 1.15 bits per heavy atom. The van der Waals surface area contributed by atoms with Gasteiger partial charge in [-0.3, -0.25) is 24.1 Å². The second-order valence-electron chi connectivity index (χ2n) is 8.83. The number of nitrogens with one attached hydrogen (secondary N) is 2. The van der Waals surface area contributed by atoms with Crippen LogP contribution in [0.2, 0.25) is 0 Å². The van der Waals surface area contributed by atoms with Crippen LogP contribution in [0.25, 0.3) is 0 Å². The van der Waals surface area contributed by atoms with E-state index in [2.05, 4.69) is 10.6 Å². The number of rotatable bonds is 6. The summed E-state index contributed by atoms with van der Waals surface area (Å²) in [6.45, 7) is 1.06. The number of hydrogen-bond acceptors (Lipinski definition) is 7. The predicted molar refractivity (Wildman–Crippen MR) is 122 cm³/mol. The monoisotopic (exact) mass is 475 g/mol. The average molecular weight is 476 g/mol. The Hall–Kier alpha value is -3.18. The van der Waals surface area contributed by atoms with Crippen LogP contribution in [-0.2, 0) is 25.6 Å². The lowest BCUT2D eigenvalue weighted by atomic mass is 9.99. The van der Waals surface area contributed by atoms with Crippen LogP contribution >= 0.6 is 0 Å². The first kappa shape index (κ1) is 25.4. The summed E-state index contributed by atoms with van der Waals surface area (Å²) in [6, 6.07) is 4.87. The molecular weight excluding hydrogens is 442 g/mol. The zero-order valence-electron chi connectivity index (χ0n) is 19.1. The van der Waals surface area contributed by atoms with Crippen LogP contribution in [0.4, 0.5) is 0 Å². The van der Waals surface area contributed by atoms with Gasteiger partial charge in [0.25, 0.3) is 0 Å². The van der Waals surface area contributed by atoms with Gasteiger partial charge in [-0.05, 0) is 49.9 Å². The van der Waals surface area contributed by atoms with E-state index < -0.39 is 47.9 Å². The van der Waals surface area contributed by atoms with E-state index >= 15 is 0 Å². The highest BCUT2D eigenvalue weighted by atomic mass is 16.5. The van der Waals surface area contributed by atoms with E-state index in [1.807, 2.05) is 17.0 Å². The summed E-state index contributed by atoms with van der Waals surface area (Å²) in [4.78, 5) is 50.5. The van der Waals surface area contributed by atoms with Crippen molar-refractivity contribution in [2.45, 2.75) is 62.8 Å². The number of nitrogens with two attached hydrogens (primary N) is 2. The van der Waals surface area contributed by atoms with E-state index in [1.54, 1.807) is 12.1 Å². The maximum Gasteiger partial charge on any atom is 0.243 e. The Morgan fingerprint density at radius 3 is 2.56 bits per heavy atom. The number of ether oxygens (including phenoxy) is 1. The van der Waals surface area contributed by atoms with Gasteiger partial charge in [0.05, 0.1) is 31.2 Å². The molecule has 3 aliphatic heterocycles. The van der Waals surface area contributed by atoms with Crippen LogP contribution in [0.3, 0.4) is 0 Å². The molecule has 1 saturated heterocycles. The maximum absolute atomic E-state index is 13.1. The molecule has 7 N–H and O–H groups in total. The first-order valence-electron chi connectivity index (χ1n) is 11.5. The van der Waals surface area contributed by atoms with Gasteiger partial charge in [-0.25, -0.2) is 0 Å². The zero-order chi connectivity index (χ0) is 24.7. The van der Waals surface area contributed by atoms with E-state index in [4.69, 9.17) is 16.2 Å². The second-order valence-corrected chi connectivity index (χ2v) is 8.83. The third-order valence-electron chi connectivity index (χ3n) is 6.16. The molecule has 2 bridgehead atoms. The van der Waals surface area contributed by atoms with Crippen LogP contribution in [0, 0.1) is 0 Å². The molecule has 4 rings (SSSR count). The molecule has 34 heavy (non-hydrogen) atoms. The highest BCUT2D eigenvalue weighted by molar-refractivity contribution is 5.91. The normalized spacial score (nSPS) is 25.4. The van der Waals surface area contributed by atoms with Crippen molar-refractivity contribution in [1.82, 2.24) is 15.5 Å². The van der Waals surface area contributed by atoms with Crippen LogP contribution in [-0.4, -0.2) is 77.6 Å². The molecule has 4 amide bonds. The Kier molecular flexibility index (Phi) is 8.83. The molecule has 0 aliphatic carbocycles. The molecule has 11 nitrogen and oxygen atoms in total. The molecule has 3 heterocycles. The molecule has 0 saturated carbocycles. The first-order chi connectivity index (χ1) is 16.2. The highest BCUT2D eigenvalue weighted by Gasteiger charge is 2.34. The molecular formula is C23H33N5O6. The largest absolute Gasteiger partial charge is 0.494 e. The molecule has 4 atom stereocenters. The third kappa shape index (κ3) is 7.16. The number of benzene rings is 1. The topological polar surface area (TPSA) is 177 Å². The Bertz CT molecular complexity index is 892. The van der Waals surface area contributed by atoms with Gasteiger partial charge in [-0.15, -0.1) is 0 Å². The van der Waals surface area contributed by atoms with Gasteiger partial charge in [0.1, 0.15) is 11.8 Å². The number of likely N-dealkylation sites (tertiary alicyclic amines) is 1. The molecule has 1 aromatic carbocycles. The van der Waals surface area contributed by atoms with E-state index in [1.165, 1.54) is 0 Å². The van der Waals surface area contributed by atoms with Gasteiger partial charge in [0.2, 0.25) is 23.6 Å². The van der Waals surface area contributed by atoms with Crippen LogP contribution < -0.4 is 26.8 Å². The summed E-state index contributed by atoms with van der Waals surface area (Å²) >= 11 is 0. The minimum absolute atomic E-state index is 0.107. The highest BCUT2D eigenvalue weighted by Crippen LogP contribution is 2.20. The van der Waals surface area contributed by atoms with Gasteiger partial charge in [0.15, 0.2) is 0 Å². The van der Waals surface area contributed by atoms with Gasteiger partial charge >= 0.3 is 0 Å². The quantitative estimate of drug-likeness (QED) is 0.334. The number of fused-ring (bicyclic) bond motifs is 12. The summed E-state index contributed by atoms with van der Waals surface area (Å²) < 4.78 is 5.66. The summed E-state index contributed by atoms with van der Waals surface area (Å²) in [7, 11) is 0. The van der Waals surface area contributed by atoms with Crippen molar-refractivity contribution in [1.29, 1.82) is 0 Å². The van der Waals surface area contributed by atoms with Crippen molar-refractivity contribution in [3.8, 4) is 5.75 Å². The summed E-state index contributed by atoms with van der Waals surface area (Å²) in [6.07, 6.45) is 0.798. The molecule has 1 fully saturated rings. The van der Waals surface area contributed by atoms with Gasteiger partial charge in [0, 0.05) is 13.0 Å². The molecule has 0 spiro atoms. The fourth-order valence-corrected chi connectivity index (χ4v) is 4.38. The number of carbonyl (C=O) groups is 4. The number of β-amino-alcohol motifs (C(OH)–C–C–N with tert-alkyl or cyclic N) is 1. The van der Waals surface area contributed by atoms with Crippen molar-refractivity contribution in [3.63, 3.8) is 0 Å². The lowest BCUT2D eigenvalue weighted by Gasteiger charge is -2.31. The van der Waals surface area contributed by atoms with Gasteiger partial charge < -0.3 is 31.9 Å². The number of aliphatic hydroxyl groups excluding tert-OH is 1. The molecule has 1 unspecified atom stereocenters. The number of carbonyl (C=O) groups excluding carboxylic acids is 4. The predicted octanol–water partition coefficient (Wildman–Crippen LogP) is -1.44. The third-order valence-corrected chi connectivity index (χ3v) is 6.16. The number of nitrogens with zero attached hydrogens (tertiary/aromatic N) is 1. The summed E-state index contributed by atoms with van der Waals surface area (Å²) in [5, 5.41) is 16.4. The lowest BCUT2D eigenvalue weighted by Crippen LogP contribution is -2.56. The molecule has 0 radical (unpaired) electrons. The first-order valence-corrected chi connectivity index (χ1v) is 11.5. The van der Waals surface area contributed by atoms with Crippen LogP contribution in [0.5, 0.6) is 5.75 Å². The van der Waals surface area contributed by atoms with Crippen LogP contribution in [0.1, 0.15) is 37.7 Å². The smallest absolute Gasteiger partial charge is 0.243 e. The van der Waals surface area contributed by atoms with E-state index in [9.17, 15) is 24.3 Å². The molecule has 3 aliphatic rings. The molecule has 11 heteroatoms. The molecule has 186 valence electrons. The maximum atomic E-state index is 13.1. The van der Waals surface area contributed by atoms with Crippen molar-refractivity contribution in [3.05, 3.63) is 29.8 Å². The van der Waals surface area contributed by atoms with Crippen molar-refractivity contribution in [2.75, 3.05) is 19.7 Å². The number of aliphatic hydroxyl groups is 1. The Labute approximate surface area is 198 Å². The SMILES string of the molecule is NC(=O)CC1NC(=O)CCCOc2ccc(cc2)C[C@H]([C@H](O)CN2CCC[C@H]2C(N)=O)NC1=O. The van der Waals surface area contributed by atoms with Crippen molar-refractivity contribution < 1.29 is 29.0 Å². The number of hydrogen-bond donors (Lipinski definition) is 5. The fourth-order valence-electron chi connectivity index (χ4n) is 4.38. The minimum atomic E-state index is -1.17. The van der Waals surface area contributed by atoms with E-state index in [0.29, 0.717) is 31.7 Å². The summed E-state index contributed by atoms with van der Waals surface area (Å²) in [5.41, 5.74) is 11.6. The van der Waals surface area contributed by atoms with E-state index in [-0.39, 0.29) is 25.8 Å². The Morgan fingerprint density at radius 2 is 1.88 bits per heavy atom. The zero-order valence-corrected chi connectivity index (χ0v) is 19.1. The lowest BCUT2D eigenvalue weighted by molar-refractivity contribution is -0.132. The fraction of sp³-hybridized carbons (Fsp3) is 0.565. The van der Waals surface area contributed by atoms with E-state index in [0.717, 1.165) is 12.0 Å². The van der Waals surface area contributed by atoms with Gasteiger partial charge in [-0.2, -0.15) is 0 Å². The van der Waals surface area contributed by atoms with Gasteiger partial charge in [-0.1, -0.05) is 12.1 Å². The number of primary amides is 2. The summed E-state index contributed by atoms with van der Waals surface area (Å²) in [5.74, 6) is -1.57. The standard InChI is InChI=1S/C23H33N5O6/c24-20(30)12-17-23(33)27-16(19(29)13-28-9-1-3-18(28)22(25)32)11-14-5-7-15(8-6-14)34-10-2-4-21(31)26-17/h5-8,16-19,29H,1-4,9-13H2,(H2,24,30)(H2,25,32)(H,26,31)(H,27,33)/t16-,17?,18+,19-/m1/s1. The van der Waals surface area contributed by atoms with Crippen molar-refractivity contribution >= 4 is 23.6 Å². The average Bonchev–Trinajstić information content (AvgIpc) is 3.24.